The smallest absolute Gasteiger partial charge is 0.279 e. The van der Waals surface area contributed by atoms with Gasteiger partial charge in [-0.25, -0.2) is 0 Å². The van der Waals surface area contributed by atoms with Crippen molar-refractivity contribution < 1.29 is 13.5 Å². The van der Waals surface area contributed by atoms with Crippen LogP contribution in [0.4, 0.5) is 0 Å². The highest BCUT2D eigenvalue weighted by molar-refractivity contribution is 7.87. The fraction of sp³-hybridized carbons (Fsp3) is 1.00. The van der Waals surface area contributed by atoms with Crippen LogP contribution in [0.5, 0.6) is 0 Å². The van der Waals surface area contributed by atoms with Crippen molar-refractivity contribution in [2.75, 3.05) is 20.6 Å². The first-order chi connectivity index (χ1) is 6.25. The van der Waals surface area contributed by atoms with Gasteiger partial charge in [0.15, 0.2) is 0 Å². The summed E-state index contributed by atoms with van der Waals surface area (Å²) >= 11 is 0. The Morgan fingerprint density at radius 1 is 1.36 bits per heavy atom. The van der Waals surface area contributed by atoms with Crippen LogP contribution in [0, 0.1) is 5.92 Å². The Hall–Kier alpha value is -0.170. The van der Waals surface area contributed by atoms with Gasteiger partial charge < -0.3 is 5.11 Å². The molecular formula is C8H20N2O3S. The second-order valence-electron chi connectivity index (χ2n) is 3.92. The average Bonchev–Trinajstić information content (AvgIpc) is 1.99. The van der Waals surface area contributed by atoms with Crippen molar-refractivity contribution in [3.63, 3.8) is 0 Å². The third kappa shape index (κ3) is 5.54. The maximum Gasteiger partial charge on any atom is 0.279 e. The SMILES string of the molecule is CC(C)CC(O)CNS(=O)(=O)N(C)C. The van der Waals surface area contributed by atoms with E-state index in [1.54, 1.807) is 0 Å². The van der Waals surface area contributed by atoms with E-state index < -0.39 is 16.3 Å². The number of hydrogen-bond acceptors (Lipinski definition) is 3. The average molecular weight is 224 g/mol. The van der Waals surface area contributed by atoms with Crippen molar-refractivity contribution in [2.24, 2.45) is 5.92 Å². The Bertz CT molecular complexity index is 249. The second kappa shape index (κ2) is 5.65. The van der Waals surface area contributed by atoms with Gasteiger partial charge in [-0.15, -0.1) is 0 Å². The lowest BCUT2D eigenvalue weighted by Gasteiger charge is -2.16. The molecule has 0 amide bonds. The van der Waals surface area contributed by atoms with Crippen molar-refractivity contribution in [1.29, 1.82) is 0 Å². The molecule has 0 fully saturated rings. The minimum atomic E-state index is -3.41. The van der Waals surface area contributed by atoms with E-state index in [9.17, 15) is 13.5 Å². The topological polar surface area (TPSA) is 69.6 Å². The van der Waals surface area contributed by atoms with Gasteiger partial charge in [-0.05, 0) is 12.3 Å². The van der Waals surface area contributed by atoms with Gasteiger partial charge in [0, 0.05) is 20.6 Å². The number of aliphatic hydroxyl groups excluding tert-OH is 1. The minimum absolute atomic E-state index is 0.0681. The fourth-order valence-electron chi connectivity index (χ4n) is 0.958. The molecular weight excluding hydrogens is 204 g/mol. The quantitative estimate of drug-likeness (QED) is 0.656. The first-order valence-electron chi connectivity index (χ1n) is 4.61. The Labute approximate surface area is 86.3 Å². The predicted molar refractivity (Wildman–Crippen MR) is 56.1 cm³/mol. The number of aliphatic hydroxyl groups is 1. The van der Waals surface area contributed by atoms with Gasteiger partial charge in [-0.1, -0.05) is 13.8 Å². The lowest BCUT2D eigenvalue weighted by molar-refractivity contribution is 0.152. The molecule has 0 spiro atoms. The standard InChI is InChI=1S/C8H20N2O3S/c1-7(2)5-8(11)6-9-14(12,13)10(3)4/h7-9,11H,5-6H2,1-4H3. The maximum absolute atomic E-state index is 11.2. The summed E-state index contributed by atoms with van der Waals surface area (Å²) < 4.78 is 25.8. The molecule has 6 heteroatoms. The number of rotatable bonds is 6. The van der Waals surface area contributed by atoms with Crippen LogP contribution in [0.3, 0.4) is 0 Å². The van der Waals surface area contributed by atoms with E-state index in [1.807, 2.05) is 13.8 Å². The van der Waals surface area contributed by atoms with E-state index >= 15 is 0 Å². The summed E-state index contributed by atoms with van der Waals surface area (Å²) in [5.74, 6) is 0.355. The van der Waals surface area contributed by atoms with Crippen LogP contribution in [-0.4, -0.2) is 44.6 Å². The van der Waals surface area contributed by atoms with Crippen LogP contribution in [0.2, 0.25) is 0 Å². The summed E-state index contributed by atoms with van der Waals surface area (Å²) in [6.45, 7) is 4.02. The maximum atomic E-state index is 11.2. The van der Waals surface area contributed by atoms with E-state index in [0.29, 0.717) is 12.3 Å². The Morgan fingerprint density at radius 2 is 1.86 bits per heavy atom. The molecule has 0 aliphatic rings. The highest BCUT2D eigenvalue weighted by atomic mass is 32.2. The van der Waals surface area contributed by atoms with E-state index in [4.69, 9.17) is 0 Å². The molecule has 0 rings (SSSR count). The highest BCUT2D eigenvalue weighted by Gasteiger charge is 2.15. The molecule has 86 valence electrons. The van der Waals surface area contributed by atoms with Crippen LogP contribution in [0.25, 0.3) is 0 Å². The van der Waals surface area contributed by atoms with Crippen molar-refractivity contribution >= 4 is 10.2 Å². The monoisotopic (exact) mass is 224 g/mol. The van der Waals surface area contributed by atoms with Gasteiger partial charge in [0.1, 0.15) is 0 Å². The van der Waals surface area contributed by atoms with Crippen molar-refractivity contribution in [3.05, 3.63) is 0 Å². The van der Waals surface area contributed by atoms with E-state index in [2.05, 4.69) is 4.72 Å². The lowest BCUT2D eigenvalue weighted by Crippen LogP contribution is -2.40. The minimum Gasteiger partial charge on any atom is -0.392 e. The van der Waals surface area contributed by atoms with Crippen LogP contribution < -0.4 is 4.72 Å². The summed E-state index contributed by atoms with van der Waals surface area (Å²) in [4.78, 5) is 0. The molecule has 0 bridgehead atoms. The third-order valence-electron chi connectivity index (χ3n) is 1.73. The normalized spacial score (nSPS) is 15.1. The largest absolute Gasteiger partial charge is 0.392 e. The van der Waals surface area contributed by atoms with Gasteiger partial charge in [0.05, 0.1) is 6.10 Å². The van der Waals surface area contributed by atoms with Crippen molar-refractivity contribution in [1.82, 2.24) is 9.03 Å². The fourth-order valence-corrected chi connectivity index (χ4v) is 1.62. The second-order valence-corrected chi connectivity index (χ2v) is 5.89. The third-order valence-corrected chi connectivity index (χ3v) is 3.22. The molecule has 1 atom stereocenters. The number of nitrogens with zero attached hydrogens (tertiary/aromatic N) is 1. The van der Waals surface area contributed by atoms with Gasteiger partial charge in [0.25, 0.3) is 10.2 Å². The van der Waals surface area contributed by atoms with Crippen LogP contribution in [0.15, 0.2) is 0 Å². The molecule has 0 aromatic heterocycles. The Balaban J connectivity index is 3.95. The number of hydrogen-bond donors (Lipinski definition) is 2. The molecule has 1 unspecified atom stereocenters. The molecule has 0 aliphatic heterocycles. The van der Waals surface area contributed by atoms with Crippen LogP contribution in [0.1, 0.15) is 20.3 Å². The van der Waals surface area contributed by atoms with Gasteiger partial charge in [-0.3, -0.25) is 0 Å². The zero-order valence-electron chi connectivity index (χ0n) is 9.19. The Morgan fingerprint density at radius 3 is 2.21 bits per heavy atom. The Kier molecular flexibility index (Phi) is 5.58. The molecule has 0 aliphatic carbocycles. The zero-order chi connectivity index (χ0) is 11.4. The first-order valence-corrected chi connectivity index (χ1v) is 6.05. The van der Waals surface area contributed by atoms with Gasteiger partial charge >= 0.3 is 0 Å². The summed E-state index contributed by atoms with van der Waals surface area (Å²) in [5.41, 5.74) is 0. The van der Waals surface area contributed by atoms with E-state index in [-0.39, 0.29) is 6.54 Å². The summed E-state index contributed by atoms with van der Waals surface area (Å²) in [6.07, 6.45) is -0.0274. The van der Waals surface area contributed by atoms with E-state index in [0.717, 1.165) is 4.31 Å². The van der Waals surface area contributed by atoms with Gasteiger partial charge in [0.2, 0.25) is 0 Å². The molecule has 14 heavy (non-hydrogen) atoms. The number of nitrogens with one attached hydrogen (secondary N) is 1. The van der Waals surface area contributed by atoms with Gasteiger partial charge in [-0.2, -0.15) is 17.4 Å². The molecule has 0 aromatic rings. The molecule has 0 aromatic carbocycles. The van der Waals surface area contributed by atoms with Crippen LogP contribution >= 0.6 is 0 Å². The molecule has 5 nitrogen and oxygen atoms in total. The molecule has 0 saturated heterocycles. The molecule has 0 saturated carbocycles. The molecule has 0 radical (unpaired) electrons. The summed E-state index contributed by atoms with van der Waals surface area (Å²) in [5, 5.41) is 9.42. The summed E-state index contributed by atoms with van der Waals surface area (Å²) in [6, 6.07) is 0. The lowest BCUT2D eigenvalue weighted by atomic mass is 10.1. The van der Waals surface area contributed by atoms with Crippen molar-refractivity contribution in [2.45, 2.75) is 26.4 Å². The zero-order valence-corrected chi connectivity index (χ0v) is 10.0. The summed E-state index contributed by atoms with van der Waals surface area (Å²) in [7, 11) is -0.522. The van der Waals surface area contributed by atoms with E-state index in [1.165, 1.54) is 14.1 Å². The highest BCUT2D eigenvalue weighted by Crippen LogP contribution is 2.03. The van der Waals surface area contributed by atoms with Crippen molar-refractivity contribution in [3.8, 4) is 0 Å². The predicted octanol–water partition coefficient (Wildman–Crippen LogP) is -0.211. The first kappa shape index (κ1) is 13.8. The molecule has 0 heterocycles. The van der Waals surface area contributed by atoms with Crippen LogP contribution in [-0.2, 0) is 10.2 Å². The molecule has 2 N–H and O–H groups in total.